The number of thioether (sulfide) groups is 1. The number of anilines is 2. The lowest BCUT2D eigenvalue weighted by molar-refractivity contribution is -0.115. The van der Waals surface area contributed by atoms with Crippen molar-refractivity contribution in [1.29, 1.82) is 10.5 Å². The number of nitrogen functional groups attached to an aromatic ring is 1. The lowest BCUT2D eigenvalue weighted by Crippen LogP contribution is -2.23. The number of carbonyl (C=O) groups is 1. The van der Waals surface area contributed by atoms with Crippen molar-refractivity contribution in [1.82, 2.24) is 14.8 Å². The zero-order valence-electron chi connectivity index (χ0n) is 21.0. The molecular weight excluding hydrogens is 498 g/mol. The second kappa shape index (κ2) is 11.1. The molecule has 1 amide bonds. The number of rotatable bonds is 7. The van der Waals surface area contributed by atoms with Crippen LogP contribution < -0.4 is 16.6 Å². The molecule has 9 nitrogen and oxygen atoms in total. The van der Waals surface area contributed by atoms with Crippen LogP contribution in [0.3, 0.4) is 0 Å². The average molecular weight is 524 g/mol. The van der Waals surface area contributed by atoms with Crippen LogP contribution in [0, 0.1) is 22.7 Å². The van der Waals surface area contributed by atoms with Gasteiger partial charge >= 0.3 is 0 Å². The number of amides is 1. The molecule has 0 bridgehead atoms. The smallest absolute Gasteiger partial charge is 0.273 e. The van der Waals surface area contributed by atoms with Gasteiger partial charge in [0.1, 0.15) is 34.4 Å². The first kappa shape index (κ1) is 26.3. The highest BCUT2D eigenvalue weighted by Gasteiger charge is 2.24. The first-order valence-electron chi connectivity index (χ1n) is 11.8. The van der Waals surface area contributed by atoms with E-state index in [4.69, 9.17) is 5.73 Å². The highest BCUT2D eigenvalue weighted by molar-refractivity contribution is 8.00. The van der Waals surface area contributed by atoms with Crippen molar-refractivity contribution >= 4 is 29.3 Å². The quantitative estimate of drug-likeness (QED) is 0.294. The van der Waals surface area contributed by atoms with Gasteiger partial charge in [-0.3, -0.25) is 14.7 Å². The Morgan fingerprint density at radius 3 is 2.32 bits per heavy atom. The lowest BCUT2D eigenvalue weighted by Gasteiger charge is -2.16. The molecule has 10 heteroatoms. The molecule has 4 N–H and O–H groups in total. The number of carbonyl (C=O) groups excluding carboxylic acids is 1. The molecule has 0 radical (unpaired) electrons. The fourth-order valence-corrected chi connectivity index (χ4v) is 4.81. The molecule has 0 saturated heterocycles. The maximum atomic E-state index is 13.0. The Kier molecular flexibility index (Phi) is 7.66. The Morgan fingerprint density at radius 1 is 1.05 bits per heavy atom. The standard InChI is InChI=1S/C28H25N7O2S/c1-16(2)18-9-11-19(12-10-18)25-21(14-29)26(31)33-28(22(25)15-30)38-17(3)27(37)32-23-13-24(36)35(34-23)20-7-5-4-6-8-20/h4-13,16-17,34H,1-3H3,(H2,31,33)(H,32,37). The molecule has 1 atom stereocenters. The minimum absolute atomic E-state index is 0.0196. The molecule has 190 valence electrons. The van der Waals surface area contributed by atoms with Crippen LogP contribution in [0.1, 0.15) is 43.4 Å². The third-order valence-electron chi connectivity index (χ3n) is 5.93. The van der Waals surface area contributed by atoms with Crippen LogP contribution in [-0.4, -0.2) is 25.9 Å². The summed E-state index contributed by atoms with van der Waals surface area (Å²) in [5.41, 5.74) is 8.87. The van der Waals surface area contributed by atoms with Crippen molar-refractivity contribution in [3.63, 3.8) is 0 Å². The van der Waals surface area contributed by atoms with Crippen molar-refractivity contribution in [2.75, 3.05) is 11.1 Å². The Bertz CT molecular complexity index is 1630. The second-order valence-electron chi connectivity index (χ2n) is 8.86. The number of hydrogen-bond donors (Lipinski definition) is 3. The van der Waals surface area contributed by atoms with Crippen LogP contribution in [0.5, 0.6) is 0 Å². The molecule has 0 spiro atoms. The van der Waals surface area contributed by atoms with Gasteiger partial charge in [0.15, 0.2) is 0 Å². The van der Waals surface area contributed by atoms with Crippen molar-refractivity contribution in [2.45, 2.75) is 37.0 Å². The van der Waals surface area contributed by atoms with E-state index >= 15 is 0 Å². The molecular formula is C28H25N7O2S. The summed E-state index contributed by atoms with van der Waals surface area (Å²) in [5.74, 6) is 0.124. The molecule has 0 aliphatic heterocycles. The molecule has 2 aromatic carbocycles. The van der Waals surface area contributed by atoms with Crippen LogP contribution in [0.25, 0.3) is 16.8 Å². The summed E-state index contributed by atoms with van der Waals surface area (Å²) in [6.07, 6.45) is 0. The van der Waals surface area contributed by atoms with E-state index in [0.29, 0.717) is 22.7 Å². The SMILES string of the molecule is CC(Sc1nc(N)c(C#N)c(-c2ccc(C(C)C)cc2)c1C#N)C(=O)Nc1cc(=O)n(-c2ccccc2)[nH]1. The Labute approximate surface area is 223 Å². The molecule has 38 heavy (non-hydrogen) atoms. The van der Waals surface area contributed by atoms with Crippen LogP contribution >= 0.6 is 11.8 Å². The highest BCUT2D eigenvalue weighted by Crippen LogP contribution is 2.37. The first-order chi connectivity index (χ1) is 18.2. The molecule has 0 saturated carbocycles. The molecule has 2 heterocycles. The number of hydrogen-bond acceptors (Lipinski definition) is 7. The van der Waals surface area contributed by atoms with Gasteiger partial charge in [0.2, 0.25) is 5.91 Å². The van der Waals surface area contributed by atoms with Crippen LogP contribution in [0.4, 0.5) is 11.6 Å². The Balaban J connectivity index is 1.62. The van der Waals surface area contributed by atoms with Crippen LogP contribution in [0.15, 0.2) is 70.5 Å². The largest absolute Gasteiger partial charge is 0.383 e. The number of benzene rings is 2. The zero-order chi connectivity index (χ0) is 27.4. The van der Waals surface area contributed by atoms with Gasteiger partial charge in [-0.2, -0.15) is 10.5 Å². The number of aromatic amines is 1. The van der Waals surface area contributed by atoms with Gasteiger partial charge in [0, 0.05) is 11.6 Å². The van der Waals surface area contributed by atoms with E-state index in [2.05, 4.69) is 41.4 Å². The van der Waals surface area contributed by atoms with Gasteiger partial charge in [-0.05, 0) is 36.1 Å². The minimum Gasteiger partial charge on any atom is -0.383 e. The number of aromatic nitrogens is 3. The summed E-state index contributed by atoms with van der Waals surface area (Å²) in [7, 11) is 0. The summed E-state index contributed by atoms with van der Waals surface area (Å²) in [6.45, 7) is 5.81. The fourth-order valence-electron chi connectivity index (χ4n) is 3.89. The minimum atomic E-state index is -0.707. The van der Waals surface area contributed by atoms with Crippen molar-refractivity contribution < 1.29 is 4.79 Å². The molecule has 2 aromatic heterocycles. The normalized spacial score (nSPS) is 11.5. The number of nitrogens with two attached hydrogens (primary N) is 1. The van der Waals surface area contributed by atoms with E-state index in [1.165, 1.54) is 10.7 Å². The van der Waals surface area contributed by atoms with E-state index in [0.717, 1.165) is 17.3 Å². The van der Waals surface area contributed by atoms with E-state index < -0.39 is 11.2 Å². The predicted molar refractivity (Wildman–Crippen MR) is 148 cm³/mol. The van der Waals surface area contributed by atoms with Crippen LogP contribution in [-0.2, 0) is 4.79 Å². The molecule has 0 fully saturated rings. The van der Waals surface area contributed by atoms with Gasteiger partial charge in [0.25, 0.3) is 5.56 Å². The molecule has 4 aromatic rings. The van der Waals surface area contributed by atoms with Gasteiger partial charge in [-0.25, -0.2) is 9.67 Å². The average Bonchev–Trinajstić information content (AvgIpc) is 3.28. The lowest BCUT2D eigenvalue weighted by atomic mass is 9.94. The monoisotopic (exact) mass is 523 g/mol. The molecule has 1 unspecified atom stereocenters. The Morgan fingerprint density at radius 2 is 1.71 bits per heavy atom. The predicted octanol–water partition coefficient (Wildman–Crippen LogP) is 4.80. The maximum Gasteiger partial charge on any atom is 0.273 e. The summed E-state index contributed by atoms with van der Waals surface area (Å²) >= 11 is 1.05. The van der Waals surface area contributed by atoms with Crippen molar-refractivity contribution in [2.24, 2.45) is 0 Å². The van der Waals surface area contributed by atoms with Crippen molar-refractivity contribution in [3.05, 3.63) is 87.7 Å². The molecule has 4 rings (SSSR count). The summed E-state index contributed by atoms with van der Waals surface area (Å²) in [4.78, 5) is 29.7. The maximum absolute atomic E-state index is 13.0. The number of nitriles is 2. The number of nitrogens with one attached hydrogen (secondary N) is 2. The summed E-state index contributed by atoms with van der Waals surface area (Å²) < 4.78 is 1.32. The Hall–Kier alpha value is -4.80. The molecule has 0 aliphatic rings. The first-order valence-corrected chi connectivity index (χ1v) is 12.7. The van der Waals surface area contributed by atoms with Gasteiger partial charge in [-0.1, -0.05) is 68.1 Å². The van der Waals surface area contributed by atoms with Gasteiger partial charge < -0.3 is 11.1 Å². The summed E-state index contributed by atoms with van der Waals surface area (Å²) in [5, 5.41) is 24.9. The second-order valence-corrected chi connectivity index (χ2v) is 10.2. The van der Waals surface area contributed by atoms with E-state index in [1.54, 1.807) is 31.2 Å². The van der Waals surface area contributed by atoms with Crippen LogP contribution in [0.2, 0.25) is 0 Å². The number of nitrogens with zero attached hydrogens (tertiary/aromatic N) is 4. The number of pyridine rings is 1. The number of para-hydroxylation sites is 1. The van der Waals surface area contributed by atoms with E-state index in [9.17, 15) is 20.1 Å². The fraction of sp³-hybridized carbons (Fsp3) is 0.179. The topological polar surface area (TPSA) is 153 Å². The summed E-state index contributed by atoms with van der Waals surface area (Å²) in [6, 6.07) is 22.1. The van der Waals surface area contributed by atoms with Gasteiger partial charge in [0.05, 0.1) is 16.5 Å². The third-order valence-corrected chi connectivity index (χ3v) is 7.02. The van der Waals surface area contributed by atoms with Crippen molar-refractivity contribution in [3.8, 4) is 29.0 Å². The molecule has 0 aliphatic carbocycles. The highest BCUT2D eigenvalue weighted by atomic mass is 32.2. The third kappa shape index (κ3) is 5.31. The van der Waals surface area contributed by atoms with E-state index in [1.807, 2.05) is 30.3 Å². The zero-order valence-corrected chi connectivity index (χ0v) is 21.8. The van der Waals surface area contributed by atoms with E-state index in [-0.39, 0.29) is 33.3 Å². The van der Waals surface area contributed by atoms with Gasteiger partial charge in [-0.15, -0.1) is 0 Å². The number of H-pyrrole nitrogens is 1.